The third kappa shape index (κ3) is 6.91. The highest BCUT2D eigenvalue weighted by atomic mass is 16.7. The molecule has 0 bridgehead atoms. The van der Waals surface area contributed by atoms with Crippen LogP contribution in [0.4, 0.5) is 17.3 Å². The fourth-order valence-corrected chi connectivity index (χ4v) is 3.34. The van der Waals surface area contributed by atoms with Gasteiger partial charge in [-0.15, -0.1) is 0 Å². The van der Waals surface area contributed by atoms with Crippen LogP contribution in [0, 0.1) is 0 Å². The SMILES string of the molecule is CC(=O)OC[C@H]1O[C@@H](Nc2ncnc(N(C)C)c2N)[C@H](OC(C)=O)[C@@H](OC(C)=O)[C@@H]1OC(C)=O. The summed E-state index contributed by atoms with van der Waals surface area (Å²) < 4.78 is 27.1. The molecule has 0 spiro atoms. The van der Waals surface area contributed by atoms with Crippen molar-refractivity contribution in [1.29, 1.82) is 0 Å². The Labute approximate surface area is 196 Å². The van der Waals surface area contributed by atoms with Crippen molar-refractivity contribution in [2.75, 3.05) is 36.7 Å². The molecule has 34 heavy (non-hydrogen) atoms. The van der Waals surface area contributed by atoms with E-state index >= 15 is 0 Å². The minimum Gasteiger partial charge on any atom is -0.463 e. The topological polar surface area (TPSA) is 181 Å². The van der Waals surface area contributed by atoms with E-state index in [1.165, 1.54) is 13.3 Å². The first-order valence-electron chi connectivity index (χ1n) is 10.3. The van der Waals surface area contributed by atoms with Crippen molar-refractivity contribution in [3.05, 3.63) is 6.33 Å². The van der Waals surface area contributed by atoms with Crippen LogP contribution in [0.5, 0.6) is 0 Å². The first kappa shape index (κ1) is 26.6. The quantitative estimate of drug-likeness (QED) is 0.360. The van der Waals surface area contributed by atoms with Crippen molar-refractivity contribution in [1.82, 2.24) is 9.97 Å². The Kier molecular flexibility index (Phi) is 8.95. The molecule has 1 aromatic heterocycles. The van der Waals surface area contributed by atoms with Gasteiger partial charge in [0.15, 0.2) is 36.2 Å². The third-order valence-corrected chi connectivity index (χ3v) is 4.56. The summed E-state index contributed by atoms with van der Waals surface area (Å²) in [5.41, 5.74) is 6.34. The minimum absolute atomic E-state index is 0.139. The first-order valence-corrected chi connectivity index (χ1v) is 10.3. The Balaban J connectivity index is 2.52. The molecule has 1 aliphatic heterocycles. The fraction of sp³-hybridized carbons (Fsp3) is 0.600. The molecule has 5 atom stereocenters. The normalized spacial score (nSPS) is 23.9. The van der Waals surface area contributed by atoms with Crippen LogP contribution in [0.3, 0.4) is 0 Å². The molecular weight excluding hydrogens is 454 g/mol. The molecule has 0 radical (unpaired) electrons. The number of nitrogen functional groups attached to an aromatic ring is 1. The molecule has 14 nitrogen and oxygen atoms in total. The van der Waals surface area contributed by atoms with Crippen molar-refractivity contribution in [2.45, 2.75) is 58.3 Å². The molecular formula is C20H29N5O9. The van der Waals surface area contributed by atoms with E-state index in [2.05, 4.69) is 15.3 Å². The van der Waals surface area contributed by atoms with Crippen molar-refractivity contribution >= 4 is 41.2 Å². The lowest BCUT2D eigenvalue weighted by atomic mass is 9.97. The molecule has 14 heteroatoms. The molecule has 3 N–H and O–H groups in total. The number of carbonyl (C=O) groups excluding carboxylic acids is 4. The van der Waals surface area contributed by atoms with Gasteiger partial charge in [-0.05, 0) is 0 Å². The summed E-state index contributed by atoms with van der Waals surface area (Å²) in [5.74, 6) is -2.24. The zero-order valence-corrected chi connectivity index (χ0v) is 19.8. The second kappa shape index (κ2) is 11.4. The van der Waals surface area contributed by atoms with Crippen LogP contribution in [0.1, 0.15) is 27.7 Å². The van der Waals surface area contributed by atoms with Crippen molar-refractivity contribution < 1.29 is 42.9 Å². The smallest absolute Gasteiger partial charge is 0.303 e. The maximum Gasteiger partial charge on any atom is 0.303 e. The lowest BCUT2D eigenvalue weighted by Gasteiger charge is -2.44. The van der Waals surface area contributed by atoms with E-state index in [-0.39, 0.29) is 18.1 Å². The summed E-state index contributed by atoms with van der Waals surface area (Å²) in [6.07, 6.45) is -4.90. The first-order chi connectivity index (χ1) is 15.9. The van der Waals surface area contributed by atoms with E-state index in [9.17, 15) is 19.2 Å². The van der Waals surface area contributed by atoms with E-state index < -0.39 is 54.5 Å². The van der Waals surface area contributed by atoms with Gasteiger partial charge in [-0.25, -0.2) is 9.97 Å². The average Bonchev–Trinajstić information content (AvgIpc) is 2.71. The number of hydrogen-bond donors (Lipinski definition) is 2. The Morgan fingerprint density at radius 1 is 0.941 bits per heavy atom. The maximum atomic E-state index is 11.9. The van der Waals surface area contributed by atoms with Crippen molar-refractivity contribution in [3.63, 3.8) is 0 Å². The van der Waals surface area contributed by atoms with E-state index in [4.69, 9.17) is 29.4 Å². The van der Waals surface area contributed by atoms with E-state index in [1.807, 2.05) is 0 Å². The van der Waals surface area contributed by atoms with Crippen LogP contribution in [0.25, 0.3) is 0 Å². The van der Waals surface area contributed by atoms with Crippen LogP contribution in [-0.4, -0.2) is 85.2 Å². The van der Waals surface area contributed by atoms with E-state index in [0.29, 0.717) is 5.82 Å². The molecule has 1 aromatic rings. The average molecular weight is 483 g/mol. The van der Waals surface area contributed by atoms with Crippen LogP contribution >= 0.6 is 0 Å². The lowest BCUT2D eigenvalue weighted by Crippen LogP contribution is -2.64. The zero-order valence-electron chi connectivity index (χ0n) is 19.8. The van der Waals surface area contributed by atoms with Crippen LogP contribution in [0.15, 0.2) is 6.33 Å². The largest absolute Gasteiger partial charge is 0.463 e. The van der Waals surface area contributed by atoms with Gasteiger partial charge < -0.3 is 39.6 Å². The fourth-order valence-electron chi connectivity index (χ4n) is 3.34. The van der Waals surface area contributed by atoms with Gasteiger partial charge >= 0.3 is 23.9 Å². The predicted octanol–water partition coefficient (Wildman–Crippen LogP) is -0.380. The van der Waals surface area contributed by atoms with E-state index in [1.54, 1.807) is 19.0 Å². The monoisotopic (exact) mass is 483 g/mol. The Morgan fingerprint density at radius 3 is 2.03 bits per heavy atom. The summed E-state index contributed by atoms with van der Waals surface area (Å²) in [4.78, 5) is 56.9. The number of nitrogens with one attached hydrogen (secondary N) is 1. The lowest BCUT2D eigenvalue weighted by molar-refractivity contribution is -0.247. The number of rotatable bonds is 8. The summed E-state index contributed by atoms with van der Waals surface area (Å²) in [6.45, 7) is 4.27. The number of aromatic nitrogens is 2. The highest BCUT2D eigenvalue weighted by Gasteiger charge is 2.52. The van der Waals surface area contributed by atoms with Gasteiger partial charge in [0.2, 0.25) is 0 Å². The van der Waals surface area contributed by atoms with Crippen LogP contribution in [0.2, 0.25) is 0 Å². The van der Waals surface area contributed by atoms with Crippen molar-refractivity contribution in [2.24, 2.45) is 0 Å². The summed E-state index contributed by atoms with van der Waals surface area (Å²) in [6, 6.07) is 0. The number of carbonyl (C=O) groups is 4. The van der Waals surface area contributed by atoms with Gasteiger partial charge in [0.05, 0.1) is 0 Å². The Hall–Kier alpha value is -3.68. The minimum atomic E-state index is -1.31. The van der Waals surface area contributed by atoms with Gasteiger partial charge in [0.1, 0.15) is 24.7 Å². The number of nitrogens with two attached hydrogens (primary N) is 1. The standard InChI is InChI=1S/C20H29N5O9/c1-9(26)30-7-13-15(31-10(2)27)16(32-11(3)28)17(33-12(4)29)20(34-13)24-18-14(21)19(25(5)6)23-8-22-18/h8,13,15-17,20H,7,21H2,1-6H3,(H,22,23,24)/t13-,15-,16+,17-,20-/m1/s1. The van der Waals surface area contributed by atoms with Crippen molar-refractivity contribution in [3.8, 4) is 0 Å². The van der Waals surface area contributed by atoms with Gasteiger partial charge in [0, 0.05) is 41.8 Å². The summed E-state index contributed by atoms with van der Waals surface area (Å²) in [7, 11) is 3.47. The maximum absolute atomic E-state index is 11.9. The predicted molar refractivity (Wildman–Crippen MR) is 116 cm³/mol. The molecule has 188 valence electrons. The number of anilines is 3. The number of nitrogens with zero attached hydrogens (tertiary/aromatic N) is 3. The number of ether oxygens (including phenoxy) is 5. The summed E-state index contributed by atoms with van der Waals surface area (Å²) >= 11 is 0. The Morgan fingerprint density at radius 2 is 1.50 bits per heavy atom. The molecule has 0 unspecified atom stereocenters. The molecule has 0 aliphatic carbocycles. The molecule has 0 aromatic carbocycles. The highest BCUT2D eigenvalue weighted by Crippen LogP contribution is 2.32. The number of esters is 4. The van der Waals surface area contributed by atoms with Gasteiger partial charge in [-0.3, -0.25) is 19.2 Å². The van der Waals surface area contributed by atoms with Gasteiger partial charge in [-0.1, -0.05) is 0 Å². The van der Waals surface area contributed by atoms with Crippen LogP contribution < -0.4 is 16.0 Å². The zero-order chi connectivity index (χ0) is 25.6. The molecule has 2 rings (SSSR count). The second-order valence-corrected chi connectivity index (χ2v) is 7.62. The second-order valence-electron chi connectivity index (χ2n) is 7.62. The van der Waals surface area contributed by atoms with E-state index in [0.717, 1.165) is 20.8 Å². The molecule has 1 saturated heterocycles. The summed E-state index contributed by atoms with van der Waals surface area (Å²) in [5, 5.41) is 2.92. The molecule has 2 heterocycles. The highest BCUT2D eigenvalue weighted by molar-refractivity contribution is 5.75. The van der Waals surface area contributed by atoms with Gasteiger partial charge in [0.25, 0.3) is 0 Å². The molecule has 1 aliphatic rings. The third-order valence-electron chi connectivity index (χ3n) is 4.56. The number of hydrogen-bond acceptors (Lipinski definition) is 14. The molecule has 0 saturated carbocycles. The molecule has 0 amide bonds. The van der Waals surface area contributed by atoms with Crippen LogP contribution in [-0.2, 0) is 42.9 Å². The Bertz CT molecular complexity index is 926. The molecule has 1 fully saturated rings. The van der Waals surface area contributed by atoms with Gasteiger partial charge in [-0.2, -0.15) is 0 Å².